The van der Waals surface area contributed by atoms with Crippen molar-refractivity contribution in [1.29, 1.82) is 0 Å². The van der Waals surface area contributed by atoms with Gasteiger partial charge in [-0.25, -0.2) is 4.39 Å². The molecule has 1 aliphatic heterocycles. The van der Waals surface area contributed by atoms with Crippen LogP contribution in [0, 0.1) is 17.2 Å². The van der Waals surface area contributed by atoms with Crippen molar-refractivity contribution in [2.75, 3.05) is 0 Å². The molecule has 4 heteroatoms. The van der Waals surface area contributed by atoms with Gasteiger partial charge in [0.25, 0.3) is 0 Å². The van der Waals surface area contributed by atoms with Crippen molar-refractivity contribution in [2.24, 2.45) is 11.3 Å². The van der Waals surface area contributed by atoms with Gasteiger partial charge in [0.1, 0.15) is 5.82 Å². The second-order valence-electron chi connectivity index (χ2n) is 6.70. The number of imide groups is 1. The quantitative estimate of drug-likeness (QED) is 0.869. The maximum atomic E-state index is 14.2. The Morgan fingerprint density at radius 1 is 1.29 bits per heavy atom. The van der Waals surface area contributed by atoms with Crippen LogP contribution in [0.15, 0.2) is 24.3 Å². The average Bonchev–Trinajstić information content (AvgIpc) is 2.35. The van der Waals surface area contributed by atoms with Gasteiger partial charge in [0.05, 0.1) is 5.92 Å². The summed E-state index contributed by atoms with van der Waals surface area (Å²) in [5.74, 6) is -1.00. The van der Waals surface area contributed by atoms with Crippen LogP contribution in [0.5, 0.6) is 0 Å². The van der Waals surface area contributed by atoms with Crippen molar-refractivity contribution in [3.8, 4) is 0 Å². The largest absolute Gasteiger partial charge is 0.296 e. The summed E-state index contributed by atoms with van der Waals surface area (Å²) in [5.41, 5.74) is -0.0866. The van der Waals surface area contributed by atoms with Crippen LogP contribution in [0.25, 0.3) is 0 Å². The van der Waals surface area contributed by atoms with Gasteiger partial charge >= 0.3 is 0 Å². The number of hydrogen-bond acceptors (Lipinski definition) is 2. The fourth-order valence-corrected chi connectivity index (χ4v) is 3.81. The number of nitrogens with one attached hydrogen (secondary N) is 1. The van der Waals surface area contributed by atoms with Crippen LogP contribution in [0.4, 0.5) is 4.39 Å². The summed E-state index contributed by atoms with van der Waals surface area (Å²) in [6, 6.07) is 6.40. The van der Waals surface area contributed by atoms with Gasteiger partial charge < -0.3 is 0 Å². The Balaban J connectivity index is 1.98. The molecule has 1 saturated carbocycles. The van der Waals surface area contributed by atoms with Crippen molar-refractivity contribution in [3.05, 3.63) is 35.6 Å². The number of benzene rings is 1. The van der Waals surface area contributed by atoms with Crippen LogP contribution in [-0.2, 0) is 9.59 Å². The van der Waals surface area contributed by atoms with Gasteiger partial charge in [0.2, 0.25) is 11.8 Å². The maximum Gasteiger partial charge on any atom is 0.234 e. The van der Waals surface area contributed by atoms with E-state index in [1.807, 2.05) is 6.92 Å². The molecule has 2 aliphatic rings. The zero-order chi connectivity index (χ0) is 15.0. The van der Waals surface area contributed by atoms with Gasteiger partial charge in [-0.1, -0.05) is 44.4 Å². The Kier molecular flexibility index (Phi) is 3.56. The number of halogens is 1. The summed E-state index contributed by atoms with van der Waals surface area (Å²) in [6.07, 6.45) is 4.61. The summed E-state index contributed by atoms with van der Waals surface area (Å²) in [5, 5.41) is 2.38. The lowest BCUT2D eigenvalue weighted by molar-refractivity contribution is -0.140. The molecule has 0 spiro atoms. The Morgan fingerprint density at radius 2 is 2.00 bits per heavy atom. The highest BCUT2D eigenvalue weighted by atomic mass is 19.1. The highest BCUT2D eigenvalue weighted by Gasteiger charge is 2.48. The third-order valence-corrected chi connectivity index (χ3v) is 4.98. The number of carbonyl (C=O) groups excluding carboxylic acids is 2. The van der Waals surface area contributed by atoms with Crippen molar-refractivity contribution in [3.63, 3.8) is 0 Å². The van der Waals surface area contributed by atoms with E-state index in [4.69, 9.17) is 0 Å². The molecule has 2 amide bonds. The lowest BCUT2D eigenvalue weighted by Crippen LogP contribution is -2.50. The van der Waals surface area contributed by atoms with E-state index < -0.39 is 11.3 Å². The molecule has 112 valence electrons. The molecule has 1 N–H and O–H groups in total. The van der Waals surface area contributed by atoms with E-state index in [1.54, 1.807) is 18.2 Å². The summed E-state index contributed by atoms with van der Waals surface area (Å²) >= 11 is 0. The van der Waals surface area contributed by atoms with E-state index in [9.17, 15) is 14.0 Å². The molecule has 3 rings (SSSR count). The Bertz CT molecular complexity index is 582. The van der Waals surface area contributed by atoms with Gasteiger partial charge in [-0.2, -0.15) is 0 Å². The molecule has 21 heavy (non-hydrogen) atoms. The van der Waals surface area contributed by atoms with Crippen molar-refractivity contribution in [1.82, 2.24) is 5.32 Å². The first-order valence-electron chi connectivity index (χ1n) is 7.58. The van der Waals surface area contributed by atoms with E-state index in [2.05, 4.69) is 5.32 Å². The first-order chi connectivity index (χ1) is 9.99. The van der Waals surface area contributed by atoms with Crippen LogP contribution in [-0.4, -0.2) is 11.8 Å². The second-order valence-corrected chi connectivity index (χ2v) is 6.70. The van der Waals surface area contributed by atoms with Crippen LogP contribution < -0.4 is 5.32 Å². The predicted octanol–water partition coefficient (Wildman–Crippen LogP) is 3.15. The lowest BCUT2D eigenvalue weighted by Gasteiger charge is -2.44. The number of piperidine rings is 1. The van der Waals surface area contributed by atoms with E-state index >= 15 is 0 Å². The fourth-order valence-electron chi connectivity index (χ4n) is 3.81. The number of hydrogen-bond donors (Lipinski definition) is 1. The van der Waals surface area contributed by atoms with Gasteiger partial charge in [0, 0.05) is 12.0 Å². The van der Waals surface area contributed by atoms with Gasteiger partial charge in [-0.3, -0.25) is 14.9 Å². The highest BCUT2D eigenvalue weighted by molar-refractivity contribution is 6.02. The van der Waals surface area contributed by atoms with Crippen LogP contribution in [0.3, 0.4) is 0 Å². The van der Waals surface area contributed by atoms with Gasteiger partial charge in [-0.05, 0) is 23.8 Å². The van der Waals surface area contributed by atoms with E-state index in [0.717, 1.165) is 19.3 Å². The van der Waals surface area contributed by atoms with Gasteiger partial charge in [0.15, 0.2) is 0 Å². The van der Waals surface area contributed by atoms with Crippen LogP contribution >= 0.6 is 0 Å². The first-order valence-corrected chi connectivity index (χ1v) is 7.58. The van der Waals surface area contributed by atoms with Gasteiger partial charge in [-0.15, -0.1) is 0 Å². The molecule has 2 unspecified atom stereocenters. The topological polar surface area (TPSA) is 46.2 Å². The Labute approximate surface area is 123 Å². The maximum absolute atomic E-state index is 14.2. The van der Waals surface area contributed by atoms with Crippen molar-refractivity contribution in [2.45, 2.75) is 44.9 Å². The minimum Gasteiger partial charge on any atom is -0.296 e. The SMILES string of the molecule is CC1(CC2CCC2)CC(=O)NC(=O)C1c1ccccc1F. The van der Waals surface area contributed by atoms with E-state index in [1.165, 1.54) is 12.5 Å². The molecular formula is C17H20FNO2. The molecular weight excluding hydrogens is 269 g/mol. The summed E-state index contributed by atoms with van der Waals surface area (Å²) in [4.78, 5) is 24.2. The third-order valence-electron chi connectivity index (χ3n) is 4.98. The fraction of sp³-hybridized carbons (Fsp3) is 0.529. The molecule has 1 aliphatic carbocycles. The minimum atomic E-state index is -0.586. The van der Waals surface area contributed by atoms with Crippen LogP contribution in [0.2, 0.25) is 0 Å². The molecule has 3 nitrogen and oxygen atoms in total. The minimum absolute atomic E-state index is 0.241. The number of rotatable bonds is 3. The summed E-state index contributed by atoms with van der Waals surface area (Å²) in [7, 11) is 0. The Morgan fingerprint density at radius 3 is 2.62 bits per heavy atom. The molecule has 1 aromatic rings. The average molecular weight is 289 g/mol. The molecule has 1 saturated heterocycles. The monoisotopic (exact) mass is 289 g/mol. The summed E-state index contributed by atoms with van der Waals surface area (Å²) < 4.78 is 14.2. The summed E-state index contributed by atoms with van der Waals surface area (Å²) in [6.45, 7) is 1.96. The predicted molar refractivity (Wildman–Crippen MR) is 77.0 cm³/mol. The molecule has 0 radical (unpaired) electrons. The molecule has 0 aromatic heterocycles. The smallest absolute Gasteiger partial charge is 0.234 e. The second kappa shape index (κ2) is 5.24. The molecule has 2 fully saturated rings. The van der Waals surface area contributed by atoms with Crippen LogP contribution in [0.1, 0.15) is 50.5 Å². The van der Waals surface area contributed by atoms with E-state index in [0.29, 0.717) is 11.5 Å². The van der Waals surface area contributed by atoms with Crippen molar-refractivity contribution < 1.29 is 14.0 Å². The normalized spacial score (nSPS) is 29.9. The Hall–Kier alpha value is -1.71. The standard InChI is InChI=1S/C17H20FNO2/c1-17(9-11-5-4-6-11)10-14(20)19-16(21)15(17)12-7-2-3-8-13(12)18/h2-3,7-8,11,15H,4-6,9-10H2,1H3,(H,19,20,21). The van der Waals surface area contributed by atoms with Crippen molar-refractivity contribution >= 4 is 11.8 Å². The lowest BCUT2D eigenvalue weighted by atomic mass is 9.62. The first kappa shape index (κ1) is 14.2. The van der Waals surface area contributed by atoms with E-state index in [-0.39, 0.29) is 24.1 Å². The number of carbonyl (C=O) groups is 2. The molecule has 1 heterocycles. The zero-order valence-corrected chi connectivity index (χ0v) is 12.2. The highest BCUT2D eigenvalue weighted by Crippen LogP contribution is 2.49. The zero-order valence-electron chi connectivity index (χ0n) is 12.2. The molecule has 0 bridgehead atoms. The number of amides is 2. The third kappa shape index (κ3) is 2.59. The molecule has 2 atom stereocenters. The molecule has 1 aromatic carbocycles.